The van der Waals surface area contributed by atoms with Gasteiger partial charge < -0.3 is 15.1 Å². The number of fused-ring (bicyclic) bond motifs is 2. The second-order valence-electron chi connectivity index (χ2n) is 10.6. The molecule has 2 atom stereocenters. The molecule has 5 nitrogen and oxygen atoms in total. The maximum absolute atomic E-state index is 5.67. The van der Waals surface area contributed by atoms with Crippen molar-refractivity contribution in [1.29, 1.82) is 0 Å². The number of hydrogen-bond donors (Lipinski definition) is 1. The van der Waals surface area contributed by atoms with Crippen LogP contribution in [-0.4, -0.2) is 65.6 Å². The van der Waals surface area contributed by atoms with Crippen molar-refractivity contribution >= 4 is 22.9 Å². The van der Waals surface area contributed by atoms with Crippen LogP contribution >= 0.6 is 12.2 Å². The van der Waals surface area contributed by atoms with Gasteiger partial charge in [-0.2, -0.15) is 0 Å². The van der Waals surface area contributed by atoms with Crippen molar-refractivity contribution in [3.8, 4) is 0 Å². The summed E-state index contributed by atoms with van der Waals surface area (Å²) >= 11 is 5.67. The van der Waals surface area contributed by atoms with Crippen LogP contribution in [0.3, 0.4) is 0 Å². The normalized spacial score (nSPS) is 22.6. The van der Waals surface area contributed by atoms with Crippen LogP contribution in [0.1, 0.15) is 55.1 Å². The lowest BCUT2D eigenvalue weighted by Crippen LogP contribution is -2.50. The van der Waals surface area contributed by atoms with E-state index in [1.54, 1.807) is 5.56 Å². The fourth-order valence-electron chi connectivity index (χ4n) is 6.04. The second kappa shape index (κ2) is 10.3. The predicted octanol–water partition coefficient (Wildman–Crippen LogP) is 4.21. The first-order valence-electron chi connectivity index (χ1n) is 13.0. The quantitative estimate of drug-likeness (QED) is 0.650. The van der Waals surface area contributed by atoms with Gasteiger partial charge in [0.15, 0.2) is 0 Å². The summed E-state index contributed by atoms with van der Waals surface area (Å²) in [6.07, 6.45) is 6.67. The first-order valence-corrected chi connectivity index (χ1v) is 13.4. The van der Waals surface area contributed by atoms with Crippen molar-refractivity contribution in [1.82, 2.24) is 20.1 Å². The number of rotatable bonds is 5. The molecule has 0 radical (unpaired) electrons. The molecular weight excluding hydrogens is 438 g/mol. The Morgan fingerprint density at radius 2 is 1.94 bits per heavy atom. The highest BCUT2D eigenvalue weighted by molar-refractivity contribution is 7.80. The van der Waals surface area contributed by atoms with E-state index in [-0.39, 0.29) is 0 Å². The Balaban J connectivity index is 1.26. The summed E-state index contributed by atoms with van der Waals surface area (Å²) in [4.78, 5) is 13.4. The monoisotopic (exact) mass is 477 g/mol. The molecule has 0 bridgehead atoms. The molecule has 1 fully saturated rings. The first kappa shape index (κ1) is 23.7. The molecule has 0 amide bonds. The largest absolute Gasteiger partial charge is 0.368 e. The highest BCUT2D eigenvalue weighted by Gasteiger charge is 2.30. The van der Waals surface area contributed by atoms with Gasteiger partial charge in [-0.05, 0) is 61.6 Å². The molecule has 3 aliphatic rings. The average Bonchev–Trinajstić information content (AvgIpc) is 2.87. The SMILES string of the molecule is CC(C)C(=S)N1CCN(c2cccc3c2C[C@H](CN(C)[C@H]2CCCc4cccnc42)NC3)CC1. The molecule has 1 aliphatic carbocycles. The van der Waals surface area contributed by atoms with E-state index in [9.17, 15) is 0 Å². The summed E-state index contributed by atoms with van der Waals surface area (Å²) < 4.78 is 0. The van der Waals surface area contributed by atoms with Gasteiger partial charge in [-0.1, -0.05) is 44.3 Å². The molecule has 0 unspecified atom stereocenters. The van der Waals surface area contributed by atoms with Crippen molar-refractivity contribution in [2.45, 2.75) is 58.2 Å². The lowest BCUT2D eigenvalue weighted by molar-refractivity contribution is 0.191. The van der Waals surface area contributed by atoms with Gasteiger partial charge in [0.05, 0.1) is 16.7 Å². The summed E-state index contributed by atoms with van der Waals surface area (Å²) in [6.45, 7) is 10.6. The van der Waals surface area contributed by atoms with Gasteiger partial charge in [-0.15, -0.1) is 0 Å². The summed E-state index contributed by atoms with van der Waals surface area (Å²) in [6, 6.07) is 12.1. The van der Waals surface area contributed by atoms with E-state index in [1.807, 2.05) is 6.20 Å². The molecule has 2 aromatic rings. The summed E-state index contributed by atoms with van der Waals surface area (Å²) in [7, 11) is 2.29. The van der Waals surface area contributed by atoms with Crippen LogP contribution in [0, 0.1) is 5.92 Å². The maximum atomic E-state index is 5.67. The van der Waals surface area contributed by atoms with Crippen LogP contribution in [0.2, 0.25) is 0 Å². The third-order valence-electron chi connectivity index (χ3n) is 7.91. The van der Waals surface area contributed by atoms with Gasteiger partial charge in [0.1, 0.15) is 0 Å². The standard InChI is InChI=1S/C28H39N5S/c1-20(2)28(34)33-15-13-32(14-16-33)25-10-5-8-22-18-30-23(17-24(22)25)19-31(3)26-11-4-7-21-9-6-12-29-27(21)26/h5-6,8-10,12,20,23,26,30H,4,7,11,13-19H2,1-3H3/t23-,26+/m1/s1. The Labute approximate surface area is 210 Å². The third-order valence-corrected chi connectivity index (χ3v) is 8.64. The van der Waals surface area contributed by atoms with Crippen molar-refractivity contribution in [3.63, 3.8) is 0 Å². The molecule has 3 heterocycles. The Kier molecular flexibility index (Phi) is 7.19. The minimum atomic E-state index is 0.432. The second-order valence-corrected chi connectivity index (χ2v) is 11.0. The van der Waals surface area contributed by atoms with E-state index in [1.165, 1.54) is 41.8 Å². The highest BCUT2D eigenvalue weighted by atomic mass is 32.1. The molecule has 5 rings (SSSR count). The van der Waals surface area contributed by atoms with E-state index in [0.29, 0.717) is 18.0 Å². The third kappa shape index (κ3) is 4.86. The molecule has 34 heavy (non-hydrogen) atoms. The number of aryl methyl sites for hydroxylation is 1. The zero-order chi connectivity index (χ0) is 23.7. The molecule has 1 N–H and O–H groups in total. The van der Waals surface area contributed by atoms with Crippen molar-refractivity contribution in [3.05, 3.63) is 58.9 Å². The molecule has 2 aliphatic heterocycles. The molecule has 182 valence electrons. The zero-order valence-electron chi connectivity index (χ0n) is 21.0. The lowest BCUT2D eigenvalue weighted by atomic mass is 9.89. The Hall–Kier alpha value is -2.02. The Morgan fingerprint density at radius 1 is 1.15 bits per heavy atom. The number of nitrogens with one attached hydrogen (secondary N) is 1. The van der Waals surface area contributed by atoms with Gasteiger partial charge in [0.25, 0.3) is 0 Å². The number of thiocarbonyl (C=S) groups is 1. The summed E-state index contributed by atoms with van der Waals surface area (Å²) in [5.74, 6) is 0.446. The van der Waals surface area contributed by atoms with Crippen LogP contribution in [0.4, 0.5) is 5.69 Å². The summed E-state index contributed by atoms with van der Waals surface area (Å²) in [5, 5.41) is 3.83. The fraction of sp³-hybridized carbons (Fsp3) is 0.571. The van der Waals surface area contributed by atoms with Gasteiger partial charge in [0.2, 0.25) is 0 Å². The van der Waals surface area contributed by atoms with Crippen molar-refractivity contribution in [2.75, 3.05) is 44.7 Å². The van der Waals surface area contributed by atoms with Crippen LogP contribution in [0.25, 0.3) is 0 Å². The van der Waals surface area contributed by atoms with Gasteiger partial charge in [0, 0.05) is 63.1 Å². The number of pyridine rings is 1. The van der Waals surface area contributed by atoms with Crippen LogP contribution in [0.5, 0.6) is 0 Å². The predicted molar refractivity (Wildman–Crippen MR) is 145 cm³/mol. The smallest absolute Gasteiger partial charge is 0.0806 e. The van der Waals surface area contributed by atoms with Crippen LogP contribution in [-0.2, 0) is 19.4 Å². The molecule has 0 saturated carbocycles. The van der Waals surface area contributed by atoms with Gasteiger partial charge >= 0.3 is 0 Å². The minimum Gasteiger partial charge on any atom is -0.368 e. The van der Waals surface area contributed by atoms with E-state index in [2.05, 4.69) is 71.2 Å². The van der Waals surface area contributed by atoms with E-state index >= 15 is 0 Å². The number of aromatic nitrogens is 1. The Bertz CT molecular complexity index is 1010. The van der Waals surface area contributed by atoms with Crippen molar-refractivity contribution in [2.24, 2.45) is 5.92 Å². The van der Waals surface area contributed by atoms with Crippen LogP contribution < -0.4 is 10.2 Å². The molecule has 1 aromatic carbocycles. The van der Waals surface area contributed by atoms with Crippen LogP contribution in [0.15, 0.2) is 36.5 Å². The zero-order valence-corrected chi connectivity index (χ0v) is 21.8. The maximum Gasteiger partial charge on any atom is 0.0806 e. The number of benzene rings is 1. The molecule has 1 aromatic heterocycles. The number of anilines is 1. The highest BCUT2D eigenvalue weighted by Crippen LogP contribution is 2.33. The average molecular weight is 478 g/mol. The first-order chi connectivity index (χ1) is 16.5. The Morgan fingerprint density at radius 3 is 2.74 bits per heavy atom. The minimum absolute atomic E-state index is 0.432. The van der Waals surface area contributed by atoms with Gasteiger partial charge in [-0.3, -0.25) is 9.88 Å². The van der Waals surface area contributed by atoms with E-state index in [0.717, 1.165) is 50.7 Å². The lowest BCUT2D eigenvalue weighted by Gasteiger charge is -2.41. The van der Waals surface area contributed by atoms with Gasteiger partial charge in [-0.25, -0.2) is 0 Å². The number of piperazine rings is 1. The topological polar surface area (TPSA) is 34.6 Å². The van der Waals surface area contributed by atoms with E-state index in [4.69, 9.17) is 17.2 Å². The molecule has 1 saturated heterocycles. The molecule has 0 spiro atoms. The molecule has 6 heteroatoms. The fourth-order valence-corrected chi connectivity index (χ4v) is 6.22. The number of hydrogen-bond acceptors (Lipinski definition) is 5. The van der Waals surface area contributed by atoms with E-state index < -0.39 is 0 Å². The molecular formula is C28H39N5S. The number of nitrogens with zero attached hydrogens (tertiary/aromatic N) is 4. The number of likely N-dealkylation sites (N-methyl/N-ethyl adjacent to an activating group) is 1. The summed E-state index contributed by atoms with van der Waals surface area (Å²) in [5.41, 5.74) is 7.17. The van der Waals surface area contributed by atoms with Crippen molar-refractivity contribution < 1.29 is 0 Å².